The zero-order chi connectivity index (χ0) is 20.3. The molecular formula is C19H16F3N3O2S. The molecule has 28 heavy (non-hydrogen) atoms. The van der Waals surface area contributed by atoms with E-state index in [-0.39, 0.29) is 23.2 Å². The lowest BCUT2D eigenvalue weighted by atomic mass is 10.2. The maximum atomic E-state index is 13.1. The largest absolute Gasteiger partial charge is 0.418 e. The number of anilines is 1. The van der Waals surface area contributed by atoms with Gasteiger partial charge in [0.25, 0.3) is 0 Å². The van der Waals surface area contributed by atoms with Gasteiger partial charge < -0.3 is 10.6 Å². The number of amidine groups is 1. The molecule has 2 aromatic rings. The summed E-state index contributed by atoms with van der Waals surface area (Å²) in [5, 5.41) is 4.44. The molecule has 2 aromatic carbocycles. The average Bonchev–Trinajstić information content (AvgIpc) is 2.95. The summed E-state index contributed by atoms with van der Waals surface area (Å²) >= 11 is 0.937. The first-order valence-electron chi connectivity index (χ1n) is 8.32. The second-order valence-electron chi connectivity index (χ2n) is 6.09. The standard InChI is InChI=1S/C19H16F3N3O2S/c1-11-6-2-4-8-13(11)23-16(26)10-15-17(27)25-18(28-15)24-14-9-5-3-7-12(14)19(20,21)22/h2-9,15H,10H2,1H3,(H,23,26)(H,24,25,27). The van der Waals surface area contributed by atoms with Crippen molar-refractivity contribution in [3.05, 3.63) is 59.7 Å². The van der Waals surface area contributed by atoms with Crippen LogP contribution in [0.4, 0.5) is 24.5 Å². The number of carbonyl (C=O) groups is 2. The molecule has 5 nitrogen and oxygen atoms in total. The molecule has 0 aliphatic carbocycles. The maximum absolute atomic E-state index is 13.1. The Hall–Kier alpha value is -2.81. The molecule has 0 radical (unpaired) electrons. The summed E-state index contributed by atoms with van der Waals surface area (Å²) in [5.74, 6) is -0.827. The molecule has 0 spiro atoms. The number of rotatable bonds is 4. The van der Waals surface area contributed by atoms with Gasteiger partial charge in [0.1, 0.15) is 5.25 Å². The smallest absolute Gasteiger partial charge is 0.326 e. The van der Waals surface area contributed by atoms with E-state index in [1.54, 1.807) is 12.1 Å². The van der Waals surface area contributed by atoms with Crippen molar-refractivity contribution in [3.8, 4) is 0 Å². The highest BCUT2D eigenvalue weighted by molar-refractivity contribution is 8.15. The first kappa shape index (κ1) is 19.9. The van der Waals surface area contributed by atoms with E-state index in [4.69, 9.17) is 0 Å². The monoisotopic (exact) mass is 407 g/mol. The van der Waals surface area contributed by atoms with Crippen LogP contribution in [0.5, 0.6) is 0 Å². The lowest BCUT2D eigenvalue weighted by Crippen LogP contribution is -2.28. The summed E-state index contributed by atoms with van der Waals surface area (Å²) in [5.41, 5.74) is 0.343. The Morgan fingerprint density at radius 3 is 2.57 bits per heavy atom. The van der Waals surface area contributed by atoms with Gasteiger partial charge >= 0.3 is 6.18 Å². The first-order valence-corrected chi connectivity index (χ1v) is 9.20. The first-order chi connectivity index (χ1) is 13.2. The highest BCUT2D eigenvalue weighted by Crippen LogP contribution is 2.37. The number of aliphatic imine (C=N–C) groups is 1. The predicted octanol–water partition coefficient (Wildman–Crippen LogP) is 4.26. The molecular weight excluding hydrogens is 391 g/mol. The quantitative estimate of drug-likeness (QED) is 0.796. The third-order valence-corrected chi connectivity index (χ3v) is 5.08. The van der Waals surface area contributed by atoms with Crippen LogP contribution in [-0.4, -0.2) is 22.2 Å². The maximum Gasteiger partial charge on any atom is 0.418 e. The molecule has 0 saturated carbocycles. The molecule has 0 bridgehead atoms. The van der Waals surface area contributed by atoms with Gasteiger partial charge in [-0.3, -0.25) is 9.59 Å². The van der Waals surface area contributed by atoms with E-state index < -0.39 is 22.9 Å². The predicted molar refractivity (Wildman–Crippen MR) is 102 cm³/mol. The van der Waals surface area contributed by atoms with Crippen molar-refractivity contribution in [1.82, 2.24) is 5.32 Å². The third kappa shape index (κ3) is 4.72. The van der Waals surface area contributed by atoms with E-state index >= 15 is 0 Å². The Morgan fingerprint density at radius 2 is 1.86 bits per heavy atom. The number of halogens is 3. The number of benzene rings is 2. The number of amides is 2. The Bertz CT molecular complexity index is 944. The van der Waals surface area contributed by atoms with Gasteiger partial charge in [0.15, 0.2) is 5.17 Å². The highest BCUT2D eigenvalue weighted by Gasteiger charge is 2.35. The average molecular weight is 407 g/mol. The fourth-order valence-corrected chi connectivity index (χ4v) is 3.58. The van der Waals surface area contributed by atoms with Gasteiger partial charge in [-0.15, -0.1) is 0 Å². The van der Waals surface area contributed by atoms with Crippen LogP contribution in [0.15, 0.2) is 53.5 Å². The molecule has 1 unspecified atom stereocenters. The molecule has 2 amide bonds. The van der Waals surface area contributed by atoms with Gasteiger partial charge in [-0.05, 0) is 30.7 Å². The van der Waals surface area contributed by atoms with Gasteiger partial charge in [0.05, 0.1) is 11.3 Å². The van der Waals surface area contributed by atoms with Gasteiger partial charge in [0, 0.05) is 12.1 Å². The van der Waals surface area contributed by atoms with E-state index in [2.05, 4.69) is 15.6 Å². The Kier molecular flexibility index (Phi) is 5.73. The molecule has 9 heteroatoms. The second kappa shape index (κ2) is 8.05. The van der Waals surface area contributed by atoms with Crippen LogP contribution in [0.1, 0.15) is 17.5 Å². The summed E-state index contributed by atoms with van der Waals surface area (Å²) in [6.07, 6.45) is -4.68. The SMILES string of the molecule is Cc1ccccc1NC(=O)CC1SC(=Nc2ccccc2C(F)(F)F)NC1=O. The number of alkyl halides is 3. The molecule has 1 saturated heterocycles. The summed E-state index contributed by atoms with van der Waals surface area (Å²) in [7, 11) is 0. The van der Waals surface area contributed by atoms with Crippen LogP contribution < -0.4 is 10.6 Å². The molecule has 1 aliphatic heterocycles. The second-order valence-corrected chi connectivity index (χ2v) is 7.29. The number of carbonyl (C=O) groups excluding carboxylic acids is 2. The fraction of sp³-hybridized carbons (Fsp3) is 0.211. The topological polar surface area (TPSA) is 70.6 Å². The van der Waals surface area contributed by atoms with Crippen molar-refractivity contribution < 1.29 is 22.8 Å². The number of hydrogen-bond acceptors (Lipinski definition) is 4. The molecule has 1 aliphatic rings. The minimum absolute atomic E-state index is 0.0374. The summed E-state index contributed by atoms with van der Waals surface area (Å²) in [4.78, 5) is 28.2. The van der Waals surface area contributed by atoms with Crippen LogP contribution in [0, 0.1) is 6.92 Å². The van der Waals surface area contributed by atoms with E-state index in [0.29, 0.717) is 5.69 Å². The zero-order valence-corrected chi connectivity index (χ0v) is 15.5. The zero-order valence-electron chi connectivity index (χ0n) is 14.7. The van der Waals surface area contributed by atoms with Crippen LogP contribution in [-0.2, 0) is 15.8 Å². The lowest BCUT2D eigenvalue weighted by molar-refractivity contribution is -0.137. The van der Waals surface area contributed by atoms with Gasteiger partial charge in [0.2, 0.25) is 11.8 Å². The minimum atomic E-state index is -4.55. The Morgan fingerprint density at radius 1 is 1.18 bits per heavy atom. The van der Waals surface area contributed by atoms with Crippen molar-refractivity contribution in [2.45, 2.75) is 24.8 Å². The van der Waals surface area contributed by atoms with Crippen molar-refractivity contribution in [2.75, 3.05) is 5.32 Å². The van der Waals surface area contributed by atoms with Gasteiger partial charge in [-0.2, -0.15) is 13.2 Å². The molecule has 1 fully saturated rings. The van der Waals surface area contributed by atoms with Crippen molar-refractivity contribution in [2.24, 2.45) is 4.99 Å². The summed E-state index contributed by atoms with van der Waals surface area (Å²) in [6, 6.07) is 12.1. The summed E-state index contributed by atoms with van der Waals surface area (Å²) < 4.78 is 39.2. The number of nitrogens with zero attached hydrogens (tertiary/aromatic N) is 1. The third-order valence-electron chi connectivity index (χ3n) is 4.00. The Labute approximate surface area is 163 Å². The molecule has 1 heterocycles. The number of nitrogens with one attached hydrogen (secondary N) is 2. The van der Waals surface area contributed by atoms with Gasteiger partial charge in [-0.1, -0.05) is 42.1 Å². The molecule has 0 aromatic heterocycles. The van der Waals surface area contributed by atoms with Crippen molar-refractivity contribution in [3.63, 3.8) is 0 Å². The summed E-state index contributed by atoms with van der Waals surface area (Å²) in [6.45, 7) is 1.84. The normalized spacial score (nSPS) is 18.2. The molecule has 146 valence electrons. The van der Waals surface area contributed by atoms with E-state index in [0.717, 1.165) is 23.4 Å². The lowest BCUT2D eigenvalue weighted by Gasteiger charge is -2.10. The van der Waals surface area contributed by atoms with Crippen LogP contribution in [0.25, 0.3) is 0 Å². The Balaban J connectivity index is 1.70. The van der Waals surface area contributed by atoms with Crippen LogP contribution >= 0.6 is 11.8 Å². The number of aryl methyl sites for hydroxylation is 1. The van der Waals surface area contributed by atoms with Crippen molar-refractivity contribution >= 4 is 40.1 Å². The number of hydrogen-bond donors (Lipinski definition) is 2. The molecule has 2 N–H and O–H groups in total. The van der Waals surface area contributed by atoms with Gasteiger partial charge in [-0.25, -0.2) is 4.99 Å². The van der Waals surface area contributed by atoms with E-state index in [1.807, 2.05) is 19.1 Å². The van der Waals surface area contributed by atoms with Crippen molar-refractivity contribution in [1.29, 1.82) is 0 Å². The van der Waals surface area contributed by atoms with E-state index in [9.17, 15) is 22.8 Å². The molecule has 1 atom stereocenters. The van der Waals surface area contributed by atoms with Crippen LogP contribution in [0.2, 0.25) is 0 Å². The molecule has 3 rings (SSSR count). The number of para-hydroxylation sites is 2. The van der Waals surface area contributed by atoms with E-state index in [1.165, 1.54) is 18.2 Å². The van der Waals surface area contributed by atoms with Crippen LogP contribution in [0.3, 0.4) is 0 Å². The minimum Gasteiger partial charge on any atom is -0.326 e. The highest BCUT2D eigenvalue weighted by atomic mass is 32.2. The number of thioether (sulfide) groups is 1. The fourth-order valence-electron chi connectivity index (χ4n) is 2.60.